The molecule has 0 aliphatic heterocycles. The van der Waals surface area contributed by atoms with E-state index in [4.69, 9.17) is 10.3 Å². The Labute approximate surface area is 102 Å². The van der Waals surface area contributed by atoms with Crippen molar-refractivity contribution in [3.05, 3.63) is 48.5 Å². The summed E-state index contributed by atoms with van der Waals surface area (Å²) >= 11 is 1.66. The summed E-state index contributed by atoms with van der Waals surface area (Å²) in [5, 5.41) is 3.68. The second kappa shape index (κ2) is 4.07. The minimum Gasteiger partial charge on any atom is -0.381 e. The third kappa shape index (κ3) is 1.94. The van der Waals surface area contributed by atoms with Gasteiger partial charge in [-0.25, -0.2) is 0 Å². The molecule has 3 rings (SSSR count). The van der Waals surface area contributed by atoms with E-state index in [9.17, 15) is 0 Å². The van der Waals surface area contributed by atoms with Crippen molar-refractivity contribution in [1.82, 2.24) is 5.16 Å². The molecule has 0 aliphatic carbocycles. The van der Waals surface area contributed by atoms with Gasteiger partial charge >= 0.3 is 0 Å². The fourth-order valence-corrected chi connectivity index (χ4v) is 2.59. The maximum Gasteiger partial charge on any atom is 0.179 e. The van der Waals surface area contributed by atoms with Crippen molar-refractivity contribution < 1.29 is 4.52 Å². The Balaban J connectivity index is 1.99. The maximum absolute atomic E-state index is 5.53. The van der Waals surface area contributed by atoms with Gasteiger partial charge in [-0.1, -0.05) is 35.5 Å². The van der Waals surface area contributed by atoms with Crippen LogP contribution in [0.2, 0.25) is 0 Å². The number of nitrogens with two attached hydrogens (primary N) is 1. The molecule has 4 heteroatoms. The largest absolute Gasteiger partial charge is 0.381 e. The molecule has 3 nitrogen and oxygen atoms in total. The van der Waals surface area contributed by atoms with Crippen LogP contribution in [-0.2, 0) is 0 Å². The quantitative estimate of drug-likeness (QED) is 0.746. The lowest BCUT2D eigenvalue weighted by Gasteiger charge is -1.94. The monoisotopic (exact) mass is 242 g/mol. The number of benzene rings is 1. The number of aromatic nitrogens is 1. The average Bonchev–Trinajstić information content (AvgIpc) is 2.98. The highest BCUT2D eigenvalue weighted by Gasteiger charge is 2.08. The van der Waals surface area contributed by atoms with Crippen molar-refractivity contribution in [2.24, 2.45) is 0 Å². The molecule has 0 aliphatic rings. The molecule has 2 N–H and O–H groups in total. The Kier molecular flexibility index (Phi) is 2.42. The molecule has 0 saturated carbocycles. The first-order chi connectivity index (χ1) is 8.33. The highest BCUT2D eigenvalue weighted by Crippen LogP contribution is 2.34. The number of anilines is 1. The summed E-state index contributed by atoms with van der Waals surface area (Å²) in [5.74, 6) is 1.13. The van der Waals surface area contributed by atoms with E-state index in [2.05, 4.69) is 23.4 Å². The molecule has 0 unspecified atom stereocenters. The fraction of sp³-hybridized carbons (Fsp3) is 0. The lowest BCUT2D eigenvalue weighted by atomic mass is 10.2. The minimum atomic E-state index is 0.412. The number of hydrogen-bond acceptors (Lipinski definition) is 4. The molecule has 0 atom stereocenters. The van der Waals surface area contributed by atoms with Crippen LogP contribution in [-0.4, -0.2) is 5.16 Å². The summed E-state index contributed by atoms with van der Waals surface area (Å²) in [6.45, 7) is 0. The van der Waals surface area contributed by atoms with E-state index in [1.807, 2.05) is 24.3 Å². The van der Waals surface area contributed by atoms with Gasteiger partial charge in [0.05, 0.1) is 4.88 Å². The van der Waals surface area contributed by atoms with E-state index in [1.165, 1.54) is 10.4 Å². The average molecular weight is 242 g/mol. The van der Waals surface area contributed by atoms with Crippen molar-refractivity contribution >= 4 is 17.2 Å². The summed E-state index contributed by atoms with van der Waals surface area (Å²) in [7, 11) is 0. The summed E-state index contributed by atoms with van der Waals surface area (Å²) in [4.78, 5) is 2.24. The van der Waals surface area contributed by atoms with Gasteiger partial charge in [0.25, 0.3) is 0 Å². The standard InChI is InChI=1S/C13H10N2OS/c14-13-8-10(16-15-13)12-7-6-11(17-12)9-4-2-1-3-5-9/h1-8H,(H2,14,15). The molecule has 2 heterocycles. The smallest absolute Gasteiger partial charge is 0.179 e. The fourth-order valence-electron chi connectivity index (χ4n) is 1.63. The Bertz CT molecular complexity index is 628. The van der Waals surface area contributed by atoms with E-state index >= 15 is 0 Å². The van der Waals surface area contributed by atoms with Gasteiger partial charge in [-0.3, -0.25) is 0 Å². The zero-order valence-electron chi connectivity index (χ0n) is 8.96. The van der Waals surface area contributed by atoms with Gasteiger partial charge < -0.3 is 10.3 Å². The summed E-state index contributed by atoms with van der Waals surface area (Å²) in [6.07, 6.45) is 0. The zero-order chi connectivity index (χ0) is 11.7. The van der Waals surface area contributed by atoms with Crippen LogP contribution in [0.1, 0.15) is 0 Å². The molecule has 0 fully saturated rings. The summed E-state index contributed by atoms with van der Waals surface area (Å²) in [5.41, 5.74) is 6.74. The van der Waals surface area contributed by atoms with Gasteiger partial charge in [0, 0.05) is 10.9 Å². The van der Waals surface area contributed by atoms with Gasteiger partial charge in [-0.05, 0) is 17.7 Å². The van der Waals surface area contributed by atoms with E-state index in [0.29, 0.717) is 5.82 Å². The Morgan fingerprint density at radius 1 is 1.00 bits per heavy atom. The van der Waals surface area contributed by atoms with E-state index in [0.717, 1.165) is 10.6 Å². The number of nitrogen functional groups attached to an aromatic ring is 1. The van der Waals surface area contributed by atoms with E-state index < -0.39 is 0 Å². The molecule has 0 spiro atoms. The lowest BCUT2D eigenvalue weighted by Crippen LogP contribution is -1.79. The first-order valence-electron chi connectivity index (χ1n) is 5.21. The molecular weight excluding hydrogens is 232 g/mol. The van der Waals surface area contributed by atoms with Crippen LogP contribution in [0.15, 0.2) is 53.1 Å². The van der Waals surface area contributed by atoms with Gasteiger partial charge in [-0.15, -0.1) is 11.3 Å². The van der Waals surface area contributed by atoms with Crippen LogP contribution < -0.4 is 5.73 Å². The summed E-state index contributed by atoms with van der Waals surface area (Å²) < 4.78 is 5.13. The van der Waals surface area contributed by atoms with Crippen LogP contribution >= 0.6 is 11.3 Å². The molecule has 3 aromatic rings. The van der Waals surface area contributed by atoms with Crippen molar-refractivity contribution in [2.75, 3.05) is 5.73 Å². The molecule has 0 bridgehead atoms. The Morgan fingerprint density at radius 3 is 2.47 bits per heavy atom. The Morgan fingerprint density at radius 2 is 1.76 bits per heavy atom. The number of rotatable bonds is 2. The molecular formula is C13H10N2OS. The van der Waals surface area contributed by atoms with Crippen LogP contribution in [0.4, 0.5) is 5.82 Å². The first-order valence-corrected chi connectivity index (χ1v) is 6.02. The van der Waals surface area contributed by atoms with Crippen LogP contribution in [0, 0.1) is 0 Å². The highest BCUT2D eigenvalue weighted by atomic mass is 32.1. The van der Waals surface area contributed by atoms with E-state index in [1.54, 1.807) is 17.4 Å². The van der Waals surface area contributed by atoms with Crippen LogP contribution in [0.3, 0.4) is 0 Å². The number of hydrogen-bond donors (Lipinski definition) is 1. The molecule has 17 heavy (non-hydrogen) atoms. The van der Waals surface area contributed by atoms with Crippen LogP contribution in [0.5, 0.6) is 0 Å². The van der Waals surface area contributed by atoms with Crippen molar-refractivity contribution in [1.29, 1.82) is 0 Å². The third-order valence-electron chi connectivity index (χ3n) is 2.44. The van der Waals surface area contributed by atoms with Gasteiger partial charge in [0.1, 0.15) is 0 Å². The number of nitrogens with zero attached hydrogens (tertiary/aromatic N) is 1. The molecule has 0 saturated heterocycles. The van der Waals surface area contributed by atoms with E-state index in [-0.39, 0.29) is 0 Å². The van der Waals surface area contributed by atoms with Crippen molar-refractivity contribution in [3.8, 4) is 21.1 Å². The predicted molar refractivity (Wildman–Crippen MR) is 69.7 cm³/mol. The molecule has 0 amide bonds. The lowest BCUT2D eigenvalue weighted by molar-refractivity contribution is 0.436. The molecule has 1 aromatic carbocycles. The third-order valence-corrected chi connectivity index (χ3v) is 3.58. The number of thiophene rings is 1. The molecule has 2 aromatic heterocycles. The second-order valence-electron chi connectivity index (χ2n) is 3.65. The Hall–Kier alpha value is -2.07. The second-order valence-corrected chi connectivity index (χ2v) is 4.73. The SMILES string of the molecule is Nc1cc(-c2ccc(-c3ccccc3)s2)on1. The van der Waals surface area contributed by atoms with Gasteiger partial charge in [0.2, 0.25) is 0 Å². The predicted octanol–water partition coefficient (Wildman–Crippen LogP) is 3.65. The van der Waals surface area contributed by atoms with Gasteiger partial charge in [0.15, 0.2) is 11.6 Å². The minimum absolute atomic E-state index is 0.412. The highest BCUT2D eigenvalue weighted by molar-refractivity contribution is 7.18. The molecule has 84 valence electrons. The maximum atomic E-state index is 5.53. The summed E-state index contributed by atoms with van der Waals surface area (Å²) in [6, 6.07) is 16.1. The van der Waals surface area contributed by atoms with Gasteiger partial charge in [-0.2, -0.15) is 0 Å². The topological polar surface area (TPSA) is 52.0 Å². The first kappa shape index (κ1) is 10.1. The normalized spacial score (nSPS) is 10.6. The van der Waals surface area contributed by atoms with Crippen molar-refractivity contribution in [2.45, 2.75) is 0 Å². The van der Waals surface area contributed by atoms with Crippen molar-refractivity contribution in [3.63, 3.8) is 0 Å². The zero-order valence-corrected chi connectivity index (χ0v) is 9.78. The van der Waals surface area contributed by atoms with Crippen LogP contribution in [0.25, 0.3) is 21.1 Å². The molecule has 0 radical (unpaired) electrons.